The third-order valence-electron chi connectivity index (χ3n) is 4.36. The van der Waals surface area contributed by atoms with E-state index in [1.54, 1.807) is 17.1 Å². The molecular weight excluding hydrogens is 266 g/mol. The van der Waals surface area contributed by atoms with Crippen molar-refractivity contribution in [2.75, 3.05) is 6.61 Å². The Morgan fingerprint density at radius 1 is 1.52 bits per heavy atom. The first-order chi connectivity index (χ1) is 9.79. The molecule has 1 heterocycles. The summed E-state index contributed by atoms with van der Waals surface area (Å²) in [6.07, 6.45) is 6.08. The normalized spacial score (nSPS) is 28.3. The third-order valence-corrected chi connectivity index (χ3v) is 4.36. The molecule has 1 aliphatic rings. The van der Waals surface area contributed by atoms with Crippen molar-refractivity contribution in [3.05, 3.63) is 18.0 Å². The fraction of sp³-hybridized carbons (Fsp3) is 0.750. The zero-order chi connectivity index (χ0) is 15.7. The molecule has 0 saturated heterocycles. The lowest BCUT2D eigenvalue weighted by Gasteiger charge is -2.47. The summed E-state index contributed by atoms with van der Waals surface area (Å²) in [6.45, 7) is 9.29. The molecule has 21 heavy (non-hydrogen) atoms. The number of aromatic nitrogens is 2. The maximum absolute atomic E-state index is 12.4. The highest BCUT2D eigenvalue weighted by atomic mass is 16.3. The van der Waals surface area contributed by atoms with Crippen LogP contribution in [0.4, 0.5) is 0 Å². The van der Waals surface area contributed by atoms with Gasteiger partial charge in [-0.3, -0.25) is 9.48 Å². The molecule has 1 aromatic heterocycles. The van der Waals surface area contributed by atoms with Gasteiger partial charge in [0.05, 0.1) is 23.9 Å². The average molecular weight is 293 g/mol. The highest BCUT2D eigenvalue weighted by Gasteiger charge is 2.43. The number of carbonyl (C=O) groups is 1. The van der Waals surface area contributed by atoms with Crippen LogP contribution in [0.5, 0.6) is 0 Å². The molecule has 1 aliphatic carbocycles. The highest BCUT2D eigenvalue weighted by molar-refractivity contribution is 5.94. The van der Waals surface area contributed by atoms with E-state index >= 15 is 0 Å². The monoisotopic (exact) mass is 293 g/mol. The van der Waals surface area contributed by atoms with Gasteiger partial charge in [-0.05, 0) is 37.5 Å². The number of nitrogens with zero attached hydrogens (tertiary/aromatic N) is 2. The highest BCUT2D eigenvalue weighted by Crippen LogP contribution is 2.43. The molecule has 2 N–H and O–H groups in total. The van der Waals surface area contributed by atoms with E-state index in [0.29, 0.717) is 11.5 Å². The number of nitrogens with one attached hydrogen (secondary N) is 1. The van der Waals surface area contributed by atoms with Crippen molar-refractivity contribution < 1.29 is 9.90 Å². The molecule has 0 bridgehead atoms. The summed E-state index contributed by atoms with van der Waals surface area (Å²) in [5.41, 5.74) is 0.161. The van der Waals surface area contributed by atoms with Gasteiger partial charge in [-0.25, -0.2) is 0 Å². The molecule has 5 nitrogen and oxygen atoms in total. The number of aliphatic hydroxyl groups excluding tert-OH is 1. The van der Waals surface area contributed by atoms with Crippen LogP contribution in [0.3, 0.4) is 0 Å². The molecule has 1 saturated carbocycles. The Balaban J connectivity index is 2.15. The lowest BCUT2D eigenvalue weighted by molar-refractivity contribution is 0.0334. The summed E-state index contributed by atoms with van der Waals surface area (Å²) in [6, 6.07) is 0. The molecule has 0 aromatic carbocycles. The van der Waals surface area contributed by atoms with Crippen LogP contribution in [0.25, 0.3) is 0 Å². The molecule has 2 unspecified atom stereocenters. The second-order valence-electron chi connectivity index (χ2n) is 7.33. The van der Waals surface area contributed by atoms with Gasteiger partial charge >= 0.3 is 0 Å². The Morgan fingerprint density at radius 2 is 2.24 bits per heavy atom. The molecule has 0 radical (unpaired) electrons. The Kier molecular flexibility index (Phi) is 4.42. The minimum absolute atomic E-state index is 0.0194. The van der Waals surface area contributed by atoms with Crippen molar-refractivity contribution in [1.82, 2.24) is 15.1 Å². The standard InChI is InChI=1S/C16H27N3O2/c1-5-19-9-13(8-17-19)14(21)18-16(11-20)7-12(2)6-15(3,4)10-16/h8-9,12,20H,5-7,10-11H2,1-4H3,(H,18,21). The molecule has 1 aromatic rings. The lowest BCUT2D eigenvalue weighted by Crippen LogP contribution is -2.57. The van der Waals surface area contributed by atoms with Crippen LogP contribution in [0.1, 0.15) is 57.3 Å². The molecule has 2 rings (SSSR count). The maximum atomic E-state index is 12.4. The summed E-state index contributed by atoms with van der Waals surface area (Å²) in [4.78, 5) is 12.4. The van der Waals surface area contributed by atoms with Crippen LogP contribution in [-0.4, -0.2) is 32.9 Å². The third kappa shape index (κ3) is 3.64. The predicted molar refractivity (Wildman–Crippen MR) is 82.0 cm³/mol. The first-order valence-corrected chi connectivity index (χ1v) is 7.75. The second kappa shape index (κ2) is 5.79. The van der Waals surface area contributed by atoms with Crippen LogP contribution in [0.15, 0.2) is 12.4 Å². The van der Waals surface area contributed by atoms with Gasteiger partial charge in [-0.15, -0.1) is 0 Å². The molecule has 5 heteroatoms. The van der Waals surface area contributed by atoms with E-state index in [2.05, 4.69) is 31.2 Å². The smallest absolute Gasteiger partial charge is 0.254 e. The van der Waals surface area contributed by atoms with Gasteiger partial charge in [0, 0.05) is 12.7 Å². The minimum Gasteiger partial charge on any atom is -0.394 e. The molecule has 1 amide bonds. The van der Waals surface area contributed by atoms with Crippen molar-refractivity contribution in [2.45, 2.75) is 59.0 Å². The number of hydrogen-bond donors (Lipinski definition) is 2. The number of carbonyl (C=O) groups excluding carboxylic acids is 1. The zero-order valence-corrected chi connectivity index (χ0v) is 13.5. The van der Waals surface area contributed by atoms with Gasteiger partial charge in [-0.1, -0.05) is 20.8 Å². The fourth-order valence-electron chi connectivity index (χ4n) is 3.96. The number of hydrogen-bond acceptors (Lipinski definition) is 3. The quantitative estimate of drug-likeness (QED) is 0.894. The van der Waals surface area contributed by atoms with Gasteiger partial charge in [0.1, 0.15) is 0 Å². The van der Waals surface area contributed by atoms with E-state index < -0.39 is 5.54 Å². The van der Waals surface area contributed by atoms with E-state index in [9.17, 15) is 9.90 Å². The summed E-state index contributed by atoms with van der Waals surface area (Å²) in [5, 5.41) is 17.1. The first kappa shape index (κ1) is 16.0. The van der Waals surface area contributed by atoms with Gasteiger partial charge in [0.25, 0.3) is 5.91 Å². The van der Waals surface area contributed by atoms with Crippen LogP contribution in [-0.2, 0) is 6.54 Å². The maximum Gasteiger partial charge on any atom is 0.254 e. The SMILES string of the molecule is CCn1cc(C(=O)NC2(CO)CC(C)CC(C)(C)C2)cn1. The van der Waals surface area contributed by atoms with Crippen molar-refractivity contribution >= 4 is 5.91 Å². The Labute approximate surface area is 126 Å². The van der Waals surface area contributed by atoms with E-state index in [0.717, 1.165) is 25.8 Å². The molecule has 1 fully saturated rings. The molecule has 0 aliphatic heterocycles. The van der Waals surface area contributed by atoms with Crippen LogP contribution >= 0.6 is 0 Å². The van der Waals surface area contributed by atoms with E-state index in [1.165, 1.54) is 0 Å². The van der Waals surface area contributed by atoms with Crippen LogP contribution < -0.4 is 5.32 Å². The number of aryl methyl sites for hydroxylation is 1. The number of rotatable bonds is 4. The molecule has 2 atom stereocenters. The van der Waals surface area contributed by atoms with Gasteiger partial charge in [0.2, 0.25) is 0 Å². The average Bonchev–Trinajstić information content (AvgIpc) is 2.85. The van der Waals surface area contributed by atoms with Gasteiger partial charge in [0.15, 0.2) is 0 Å². The van der Waals surface area contributed by atoms with E-state index in [4.69, 9.17) is 0 Å². The minimum atomic E-state index is -0.521. The summed E-state index contributed by atoms with van der Waals surface area (Å²) in [7, 11) is 0. The van der Waals surface area contributed by atoms with Crippen LogP contribution in [0, 0.1) is 11.3 Å². The zero-order valence-electron chi connectivity index (χ0n) is 13.5. The lowest BCUT2D eigenvalue weighted by atomic mass is 9.64. The first-order valence-electron chi connectivity index (χ1n) is 7.75. The predicted octanol–water partition coefficient (Wildman–Crippen LogP) is 2.21. The summed E-state index contributed by atoms with van der Waals surface area (Å²) >= 11 is 0. The summed E-state index contributed by atoms with van der Waals surface area (Å²) in [5.74, 6) is 0.341. The topological polar surface area (TPSA) is 67.2 Å². The largest absolute Gasteiger partial charge is 0.394 e. The van der Waals surface area contributed by atoms with Crippen LogP contribution in [0.2, 0.25) is 0 Å². The Hall–Kier alpha value is -1.36. The molecule has 118 valence electrons. The molecule has 0 spiro atoms. The summed E-state index contributed by atoms with van der Waals surface area (Å²) < 4.78 is 1.73. The number of amides is 1. The van der Waals surface area contributed by atoms with Crippen molar-refractivity contribution in [3.8, 4) is 0 Å². The van der Waals surface area contributed by atoms with Crippen molar-refractivity contribution in [3.63, 3.8) is 0 Å². The Morgan fingerprint density at radius 3 is 2.76 bits per heavy atom. The molecular formula is C16H27N3O2. The Bertz CT molecular complexity index is 509. The van der Waals surface area contributed by atoms with Crippen molar-refractivity contribution in [1.29, 1.82) is 0 Å². The van der Waals surface area contributed by atoms with E-state index in [1.807, 2.05) is 6.92 Å². The number of aliphatic hydroxyl groups is 1. The van der Waals surface area contributed by atoms with Gasteiger partial charge < -0.3 is 10.4 Å². The second-order valence-corrected chi connectivity index (χ2v) is 7.33. The fourth-order valence-corrected chi connectivity index (χ4v) is 3.96. The van der Waals surface area contributed by atoms with Crippen molar-refractivity contribution in [2.24, 2.45) is 11.3 Å². The van der Waals surface area contributed by atoms with E-state index in [-0.39, 0.29) is 17.9 Å². The van der Waals surface area contributed by atoms with Gasteiger partial charge in [-0.2, -0.15) is 5.10 Å².